The number of hydrogen-bond donors (Lipinski definition) is 0. The summed E-state index contributed by atoms with van der Waals surface area (Å²) < 4.78 is 6.84. The Hall–Kier alpha value is -1.73. The maximum atomic E-state index is 13.0. The molecule has 5 rings (SSSR count). The van der Waals surface area contributed by atoms with E-state index in [-0.39, 0.29) is 23.3 Å². The van der Waals surface area contributed by atoms with Crippen LogP contribution in [-0.2, 0) is 16.1 Å². The van der Waals surface area contributed by atoms with E-state index in [1.165, 1.54) is 41.9 Å². The highest BCUT2D eigenvalue weighted by Crippen LogP contribution is 2.64. The summed E-state index contributed by atoms with van der Waals surface area (Å²) in [6, 6.07) is 9.04. The van der Waals surface area contributed by atoms with E-state index < -0.39 is 0 Å². The molecule has 1 aliphatic heterocycles. The van der Waals surface area contributed by atoms with Gasteiger partial charge in [-0.25, -0.2) is 0 Å². The van der Waals surface area contributed by atoms with Crippen molar-refractivity contribution >= 4 is 34.8 Å². The number of rotatable bonds is 7. The fraction of sp³-hybridized carbons (Fsp3) is 0.600. The zero-order chi connectivity index (χ0) is 22.4. The van der Waals surface area contributed by atoms with Gasteiger partial charge in [0, 0.05) is 34.8 Å². The molecule has 0 N–H and O–H groups in total. The molecule has 2 saturated carbocycles. The van der Waals surface area contributed by atoms with Crippen LogP contribution in [0.5, 0.6) is 0 Å². The van der Waals surface area contributed by atoms with Crippen LogP contribution < -0.4 is 9.77 Å². The van der Waals surface area contributed by atoms with E-state index in [1.54, 1.807) is 11.5 Å². The number of benzene rings is 1. The van der Waals surface area contributed by atoms with Crippen molar-refractivity contribution in [3.8, 4) is 0 Å². The Bertz CT molecular complexity index is 1040. The number of thiazole rings is 1. The third-order valence-electron chi connectivity index (χ3n) is 7.66. The van der Waals surface area contributed by atoms with Gasteiger partial charge in [-0.15, -0.1) is 11.8 Å². The highest BCUT2D eigenvalue weighted by Gasteiger charge is 2.55. The molecule has 172 valence electrons. The molecule has 2 heterocycles. The van der Waals surface area contributed by atoms with Gasteiger partial charge in [0.2, 0.25) is 0 Å². The minimum Gasteiger partial charge on any atom is -0.465 e. The van der Waals surface area contributed by atoms with Crippen LogP contribution in [0.15, 0.2) is 34.1 Å². The van der Waals surface area contributed by atoms with Crippen LogP contribution in [-0.4, -0.2) is 35.5 Å². The lowest BCUT2D eigenvalue weighted by atomic mass is 9.75. The normalized spacial score (nSPS) is 27.8. The zero-order valence-electron chi connectivity index (χ0n) is 19.1. The quantitative estimate of drug-likeness (QED) is 0.533. The number of thioether (sulfide) groups is 1. The van der Waals surface area contributed by atoms with Crippen LogP contribution >= 0.6 is 23.1 Å². The molecule has 32 heavy (non-hydrogen) atoms. The maximum Gasteiger partial charge on any atom is 0.326 e. The second-order valence-corrected chi connectivity index (χ2v) is 11.3. The van der Waals surface area contributed by atoms with Crippen LogP contribution in [0.1, 0.15) is 56.4 Å². The molecular formula is C25H32N2O3S2. The molecule has 1 aromatic carbocycles. The molecule has 0 radical (unpaired) electrons. The van der Waals surface area contributed by atoms with Crippen LogP contribution in [0.3, 0.4) is 0 Å². The zero-order valence-corrected chi connectivity index (χ0v) is 20.7. The molecule has 5 nitrogen and oxygen atoms in total. The Balaban J connectivity index is 1.56. The highest BCUT2D eigenvalue weighted by atomic mass is 32.2. The Morgan fingerprint density at radius 1 is 1.12 bits per heavy atom. The average Bonchev–Trinajstić information content (AvgIpc) is 3.48. The molecule has 5 atom stereocenters. The molecule has 0 amide bonds. The van der Waals surface area contributed by atoms with Gasteiger partial charge in [0.25, 0.3) is 0 Å². The SMILES string of the molecule is CCOC(=O)Cn1c2c(sc1=O)[C@H](c1ccc(N(CC)CC)cc1)C1C3CCC(C3)C1S2. The fourth-order valence-corrected chi connectivity index (χ4v) is 9.43. The summed E-state index contributed by atoms with van der Waals surface area (Å²) in [5.41, 5.74) is 2.57. The predicted octanol–water partition coefficient (Wildman–Crippen LogP) is 4.97. The van der Waals surface area contributed by atoms with Gasteiger partial charge in [-0.05, 0) is 75.5 Å². The van der Waals surface area contributed by atoms with Crippen molar-refractivity contribution in [2.45, 2.75) is 62.8 Å². The number of carbonyl (C=O) groups excluding carboxylic acids is 1. The number of hydrogen-bond acceptors (Lipinski definition) is 6. The lowest BCUT2D eigenvalue weighted by Gasteiger charge is -2.40. The summed E-state index contributed by atoms with van der Waals surface area (Å²) in [6.45, 7) is 8.51. The molecule has 3 aliphatic rings. The van der Waals surface area contributed by atoms with Crippen molar-refractivity contribution in [3.05, 3.63) is 44.4 Å². The third kappa shape index (κ3) is 3.61. The van der Waals surface area contributed by atoms with Gasteiger partial charge in [0.1, 0.15) is 6.54 Å². The minimum atomic E-state index is -0.328. The lowest BCUT2D eigenvalue weighted by molar-refractivity contribution is -0.144. The van der Waals surface area contributed by atoms with Gasteiger partial charge in [-0.1, -0.05) is 23.5 Å². The Morgan fingerprint density at radius 2 is 1.84 bits per heavy atom. The summed E-state index contributed by atoms with van der Waals surface area (Å²) in [5, 5.41) is 1.55. The van der Waals surface area contributed by atoms with E-state index in [9.17, 15) is 9.59 Å². The van der Waals surface area contributed by atoms with E-state index in [4.69, 9.17) is 4.74 Å². The number of carbonyl (C=O) groups is 1. The van der Waals surface area contributed by atoms with Gasteiger partial charge in [0.05, 0.1) is 11.6 Å². The van der Waals surface area contributed by atoms with Gasteiger partial charge < -0.3 is 9.64 Å². The number of nitrogens with zero attached hydrogens (tertiary/aromatic N) is 2. The van der Waals surface area contributed by atoms with Crippen molar-refractivity contribution in [2.24, 2.45) is 17.8 Å². The Morgan fingerprint density at radius 3 is 2.53 bits per heavy atom. The summed E-state index contributed by atoms with van der Waals surface area (Å²) in [7, 11) is 0. The second kappa shape index (κ2) is 8.90. The number of esters is 1. The third-order valence-corrected chi connectivity index (χ3v) is 10.5. The molecule has 7 heteroatoms. The Labute approximate surface area is 198 Å². The number of anilines is 1. The van der Waals surface area contributed by atoms with Gasteiger partial charge in [-0.3, -0.25) is 14.2 Å². The van der Waals surface area contributed by atoms with Crippen molar-refractivity contribution in [1.82, 2.24) is 4.57 Å². The van der Waals surface area contributed by atoms with Crippen LogP contribution in [0.2, 0.25) is 0 Å². The van der Waals surface area contributed by atoms with E-state index >= 15 is 0 Å². The number of ether oxygens (including phenoxy) is 1. The summed E-state index contributed by atoms with van der Waals surface area (Å²) in [6.07, 6.45) is 3.93. The smallest absolute Gasteiger partial charge is 0.326 e. The molecular weight excluding hydrogens is 440 g/mol. The van der Waals surface area contributed by atoms with Crippen molar-refractivity contribution in [2.75, 3.05) is 24.6 Å². The minimum absolute atomic E-state index is 0.0185. The summed E-state index contributed by atoms with van der Waals surface area (Å²) >= 11 is 3.21. The van der Waals surface area contributed by atoms with Gasteiger partial charge in [-0.2, -0.15) is 0 Å². The first-order valence-corrected chi connectivity index (χ1v) is 13.7. The van der Waals surface area contributed by atoms with Gasteiger partial charge >= 0.3 is 10.8 Å². The standard InChI is InChI=1S/C25H32N2O3S2/c1-4-26(5-2)18-11-9-15(10-12-18)20-21-16-7-8-17(13-16)22(21)31-24-23(20)32-25(29)27(24)14-19(28)30-6-3/h9-12,16-17,20-22H,4-8,13-14H2,1-3H3/t16?,17?,20-,21?,22?/m1/s1. The first kappa shape index (κ1) is 22.1. The molecule has 2 aromatic rings. The number of fused-ring (bicyclic) bond motifs is 6. The number of aromatic nitrogens is 1. The first-order valence-electron chi connectivity index (χ1n) is 12.0. The summed E-state index contributed by atoms with van der Waals surface area (Å²) in [4.78, 5) is 28.7. The van der Waals surface area contributed by atoms with E-state index in [0.717, 1.165) is 34.8 Å². The van der Waals surface area contributed by atoms with Crippen LogP contribution in [0.25, 0.3) is 0 Å². The van der Waals surface area contributed by atoms with Crippen molar-refractivity contribution in [1.29, 1.82) is 0 Å². The molecule has 1 aromatic heterocycles. The molecule has 0 spiro atoms. The first-order chi connectivity index (χ1) is 15.5. The van der Waals surface area contributed by atoms with Crippen molar-refractivity contribution < 1.29 is 9.53 Å². The fourth-order valence-electron chi connectivity index (χ4n) is 6.28. The van der Waals surface area contributed by atoms with Crippen LogP contribution in [0.4, 0.5) is 5.69 Å². The maximum absolute atomic E-state index is 13.0. The largest absolute Gasteiger partial charge is 0.465 e. The lowest BCUT2D eigenvalue weighted by Crippen LogP contribution is -2.34. The van der Waals surface area contributed by atoms with E-state index in [0.29, 0.717) is 17.8 Å². The topological polar surface area (TPSA) is 51.5 Å². The predicted molar refractivity (Wildman–Crippen MR) is 131 cm³/mol. The molecule has 2 fully saturated rings. The van der Waals surface area contributed by atoms with Crippen molar-refractivity contribution in [3.63, 3.8) is 0 Å². The monoisotopic (exact) mass is 472 g/mol. The van der Waals surface area contributed by atoms with Gasteiger partial charge in [0.15, 0.2) is 0 Å². The molecule has 2 aliphatic carbocycles. The molecule has 4 unspecified atom stereocenters. The average molecular weight is 473 g/mol. The molecule has 2 bridgehead atoms. The molecule has 0 saturated heterocycles. The second-order valence-electron chi connectivity index (χ2n) is 9.16. The van der Waals surface area contributed by atoms with E-state index in [1.807, 2.05) is 11.8 Å². The summed E-state index contributed by atoms with van der Waals surface area (Å²) in [5.74, 6) is 1.98. The van der Waals surface area contributed by atoms with E-state index in [2.05, 4.69) is 43.0 Å². The van der Waals surface area contributed by atoms with Crippen LogP contribution in [0, 0.1) is 17.8 Å². The highest BCUT2D eigenvalue weighted by molar-refractivity contribution is 8.00. The Kier molecular flexibility index (Phi) is 6.14.